The number of rotatable bonds is 5. The number of aromatic nitrogens is 2. The Bertz CT molecular complexity index is 840. The number of thioether (sulfide) groups is 1. The van der Waals surface area contributed by atoms with Gasteiger partial charge in [-0.25, -0.2) is 9.97 Å². The molecule has 1 heterocycles. The molecule has 3 aromatic rings. The van der Waals surface area contributed by atoms with Crippen molar-refractivity contribution < 1.29 is 4.74 Å². The fourth-order valence-corrected chi connectivity index (χ4v) is 3.22. The summed E-state index contributed by atoms with van der Waals surface area (Å²) in [6.45, 7) is 2.09. The molecule has 0 aliphatic carbocycles. The molecule has 3 nitrogen and oxygen atoms in total. The Kier molecular flexibility index (Phi) is 5.38. The van der Waals surface area contributed by atoms with Crippen molar-refractivity contribution in [3.05, 3.63) is 59.8 Å². The molecule has 0 atom stereocenters. The van der Waals surface area contributed by atoms with Crippen molar-refractivity contribution in [1.82, 2.24) is 9.97 Å². The quantitative estimate of drug-likeness (QED) is 0.441. The number of ether oxygens (including phenoxy) is 1. The lowest BCUT2D eigenvalue weighted by Gasteiger charge is -2.12. The van der Waals surface area contributed by atoms with E-state index in [2.05, 4.69) is 24.0 Å². The zero-order valence-electron chi connectivity index (χ0n) is 13.5. The van der Waals surface area contributed by atoms with Gasteiger partial charge in [0.15, 0.2) is 5.16 Å². The van der Waals surface area contributed by atoms with E-state index in [1.165, 1.54) is 0 Å². The van der Waals surface area contributed by atoms with Crippen molar-refractivity contribution in [2.24, 2.45) is 0 Å². The van der Waals surface area contributed by atoms with Gasteiger partial charge in [0.1, 0.15) is 5.75 Å². The molecule has 24 heavy (non-hydrogen) atoms. The summed E-state index contributed by atoms with van der Waals surface area (Å²) in [5, 5.41) is 1.35. The average Bonchev–Trinajstić information content (AvgIpc) is 2.62. The molecule has 2 aromatic carbocycles. The van der Waals surface area contributed by atoms with Gasteiger partial charge >= 0.3 is 0 Å². The SMILES string of the molecule is CCSc1ncc(-c2ccc(OC)c(Cl)c2)c(-c2ccccc2)n1. The molecule has 0 spiro atoms. The van der Waals surface area contributed by atoms with Gasteiger partial charge in [-0.05, 0) is 23.4 Å². The van der Waals surface area contributed by atoms with Gasteiger partial charge in [0.2, 0.25) is 0 Å². The van der Waals surface area contributed by atoms with E-state index in [0.29, 0.717) is 10.8 Å². The van der Waals surface area contributed by atoms with E-state index < -0.39 is 0 Å². The highest BCUT2D eigenvalue weighted by molar-refractivity contribution is 7.99. The van der Waals surface area contributed by atoms with Crippen LogP contribution in [0.5, 0.6) is 5.75 Å². The fourth-order valence-electron chi connectivity index (χ4n) is 2.43. The molecule has 0 amide bonds. The first-order valence-corrected chi connectivity index (χ1v) is 8.98. The number of hydrogen-bond donors (Lipinski definition) is 0. The van der Waals surface area contributed by atoms with Gasteiger partial charge in [-0.2, -0.15) is 0 Å². The molecule has 1 aromatic heterocycles. The predicted molar refractivity (Wildman–Crippen MR) is 101 cm³/mol. The third-order valence-electron chi connectivity index (χ3n) is 3.55. The first-order valence-electron chi connectivity index (χ1n) is 7.62. The molecule has 0 bridgehead atoms. The Morgan fingerprint density at radius 1 is 1.08 bits per heavy atom. The van der Waals surface area contributed by atoms with Crippen LogP contribution in [0.25, 0.3) is 22.4 Å². The fraction of sp³-hybridized carbons (Fsp3) is 0.158. The molecule has 0 N–H and O–H groups in total. The summed E-state index contributed by atoms with van der Waals surface area (Å²) in [5.74, 6) is 1.59. The molecule has 122 valence electrons. The van der Waals surface area contributed by atoms with Crippen molar-refractivity contribution in [1.29, 1.82) is 0 Å². The zero-order valence-corrected chi connectivity index (χ0v) is 15.1. The smallest absolute Gasteiger partial charge is 0.188 e. The van der Waals surface area contributed by atoms with Crippen molar-refractivity contribution in [2.45, 2.75) is 12.1 Å². The van der Waals surface area contributed by atoms with E-state index in [0.717, 1.165) is 33.3 Å². The van der Waals surface area contributed by atoms with Crippen molar-refractivity contribution in [3.8, 4) is 28.1 Å². The van der Waals surface area contributed by atoms with Crippen molar-refractivity contribution in [3.63, 3.8) is 0 Å². The molecule has 0 radical (unpaired) electrons. The van der Waals surface area contributed by atoms with Crippen LogP contribution < -0.4 is 4.74 Å². The number of benzene rings is 2. The number of hydrogen-bond acceptors (Lipinski definition) is 4. The van der Waals surface area contributed by atoms with Gasteiger partial charge < -0.3 is 4.74 Å². The van der Waals surface area contributed by atoms with Crippen molar-refractivity contribution in [2.75, 3.05) is 12.9 Å². The molecular weight excluding hydrogens is 340 g/mol. The van der Waals surface area contributed by atoms with Gasteiger partial charge in [0.05, 0.1) is 17.8 Å². The molecule has 3 rings (SSSR count). The molecule has 0 fully saturated rings. The van der Waals surface area contributed by atoms with Gasteiger partial charge in [0, 0.05) is 17.3 Å². The highest BCUT2D eigenvalue weighted by atomic mass is 35.5. The minimum atomic E-state index is 0.570. The highest BCUT2D eigenvalue weighted by Crippen LogP contribution is 2.35. The molecule has 0 saturated carbocycles. The third-order valence-corrected chi connectivity index (χ3v) is 4.59. The van der Waals surface area contributed by atoms with E-state index in [1.54, 1.807) is 18.9 Å². The summed E-state index contributed by atoms with van der Waals surface area (Å²) < 4.78 is 5.24. The van der Waals surface area contributed by atoms with Gasteiger partial charge in [0.25, 0.3) is 0 Å². The Balaban J connectivity index is 2.15. The Labute approximate surface area is 151 Å². The number of methoxy groups -OCH3 is 1. The summed E-state index contributed by atoms with van der Waals surface area (Å²) in [7, 11) is 1.61. The summed E-state index contributed by atoms with van der Waals surface area (Å²) in [5.41, 5.74) is 3.88. The van der Waals surface area contributed by atoms with E-state index in [-0.39, 0.29) is 0 Å². The van der Waals surface area contributed by atoms with Crippen LogP contribution in [0, 0.1) is 0 Å². The maximum Gasteiger partial charge on any atom is 0.188 e. The maximum atomic E-state index is 6.29. The average molecular weight is 357 g/mol. The first-order chi connectivity index (χ1) is 11.7. The lowest BCUT2D eigenvalue weighted by molar-refractivity contribution is 0.415. The lowest BCUT2D eigenvalue weighted by atomic mass is 10.0. The number of nitrogens with zero attached hydrogens (tertiary/aromatic N) is 2. The van der Waals surface area contributed by atoms with Crippen LogP contribution in [0.4, 0.5) is 0 Å². The lowest BCUT2D eigenvalue weighted by Crippen LogP contribution is -1.95. The minimum Gasteiger partial charge on any atom is -0.495 e. The Morgan fingerprint density at radius 2 is 1.88 bits per heavy atom. The zero-order chi connectivity index (χ0) is 16.9. The van der Waals surface area contributed by atoms with Crippen LogP contribution >= 0.6 is 23.4 Å². The highest BCUT2D eigenvalue weighted by Gasteiger charge is 2.13. The summed E-state index contributed by atoms with van der Waals surface area (Å²) >= 11 is 7.92. The molecule has 0 aliphatic heterocycles. The molecule has 5 heteroatoms. The molecular formula is C19H17ClN2OS. The van der Waals surface area contributed by atoms with E-state index in [4.69, 9.17) is 21.3 Å². The largest absolute Gasteiger partial charge is 0.495 e. The minimum absolute atomic E-state index is 0.570. The second-order valence-corrected chi connectivity index (χ2v) is 6.70. The summed E-state index contributed by atoms with van der Waals surface area (Å²) in [6.07, 6.45) is 1.87. The number of halogens is 1. The molecule has 0 aliphatic rings. The van der Waals surface area contributed by atoms with Crippen LogP contribution in [-0.2, 0) is 0 Å². The van der Waals surface area contributed by atoms with Gasteiger partial charge in [-0.15, -0.1) is 0 Å². The van der Waals surface area contributed by atoms with Gasteiger partial charge in [-0.1, -0.05) is 66.7 Å². The molecule has 0 saturated heterocycles. The normalized spacial score (nSPS) is 10.6. The summed E-state index contributed by atoms with van der Waals surface area (Å²) in [6, 6.07) is 15.8. The van der Waals surface area contributed by atoms with E-state index in [1.807, 2.05) is 42.6 Å². The maximum absolute atomic E-state index is 6.29. The van der Waals surface area contributed by atoms with Crippen LogP contribution in [0.15, 0.2) is 59.9 Å². The third kappa shape index (κ3) is 3.55. The monoisotopic (exact) mass is 356 g/mol. The molecule has 0 unspecified atom stereocenters. The second-order valence-electron chi connectivity index (χ2n) is 5.06. The Morgan fingerprint density at radius 3 is 2.54 bits per heavy atom. The van der Waals surface area contributed by atoms with Crippen LogP contribution in [0.1, 0.15) is 6.92 Å². The van der Waals surface area contributed by atoms with E-state index >= 15 is 0 Å². The van der Waals surface area contributed by atoms with E-state index in [9.17, 15) is 0 Å². The van der Waals surface area contributed by atoms with Gasteiger partial charge in [-0.3, -0.25) is 0 Å². The summed E-state index contributed by atoms with van der Waals surface area (Å²) in [4.78, 5) is 9.24. The van der Waals surface area contributed by atoms with Crippen molar-refractivity contribution >= 4 is 23.4 Å². The van der Waals surface area contributed by atoms with Crippen LogP contribution in [-0.4, -0.2) is 22.8 Å². The topological polar surface area (TPSA) is 35.0 Å². The predicted octanol–water partition coefficient (Wildman–Crippen LogP) is 5.58. The first kappa shape index (κ1) is 16.8. The van der Waals surface area contributed by atoms with Crippen LogP contribution in [0.3, 0.4) is 0 Å². The second kappa shape index (κ2) is 7.69. The standard InChI is InChI=1S/C19H17ClN2OS/c1-3-24-19-21-12-15(14-9-10-17(23-2)16(20)11-14)18(22-19)13-7-5-4-6-8-13/h4-12H,3H2,1-2H3. The van der Waals surface area contributed by atoms with Crippen LogP contribution in [0.2, 0.25) is 5.02 Å². The Hall–Kier alpha value is -2.04.